The van der Waals surface area contributed by atoms with Crippen molar-refractivity contribution in [3.63, 3.8) is 0 Å². The molecule has 10 nitrogen and oxygen atoms in total. The topological polar surface area (TPSA) is 141 Å². The van der Waals surface area contributed by atoms with Crippen LogP contribution in [0.3, 0.4) is 0 Å². The van der Waals surface area contributed by atoms with Gasteiger partial charge in [-0.1, -0.05) is 24.3 Å². The van der Waals surface area contributed by atoms with Crippen molar-refractivity contribution < 1.29 is 29.0 Å². The summed E-state index contributed by atoms with van der Waals surface area (Å²) < 4.78 is 5.60. The van der Waals surface area contributed by atoms with E-state index in [2.05, 4.69) is 15.6 Å². The Kier molecular flexibility index (Phi) is 7.19. The third-order valence-corrected chi connectivity index (χ3v) is 6.10. The van der Waals surface area contributed by atoms with Gasteiger partial charge in [0.05, 0.1) is 18.2 Å². The number of para-hydroxylation sites is 1. The number of ether oxygens (including phenoxy) is 1. The summed E-state index contributed by atoms with van der Waals surface area (Å²) in [6, 6.07) is 11.7. The molecule has 1 fully saturated rings. The van der Waals surface area contributed by atoms with Gasteiger partial charge in [-0.2, -0.15) is 0 Å². The first-order valence-corrected chi connectivity index (χ1v) is 12.0. The number of fused-ring (bicyclic) bond motifs is 1. The summed E-state index contributed by atoms with van der Waals surface area (Å²) in [5.74, 6) is -2.04. The van der Waals surface area contributed by atoms with E-state index in [0.717, 1.165) is 16.5 Å². The van der Waals surface area contributed by atoms with Gasteiger partial charge in [-0.3, -0.25) is 4.79 Å². The molecule has 4 rings (SSSR count). The van der Waals surface area contributed by atoms with Crippen LogP contribution in [0.2, 0.25) is 0 Å². The number of likely N-dealkylation sites (tertiary alicyclic amines) is 1. The number of carbonyl (C=O) groups excluding carboxylic acids is 3. The highest BCUT2D eigenvalue weighted by Crippen LogP contribution is 2.40. The minimum absolute atomic E-state index is 0.0210. The van der Waals surface area contributed by atoms with Crippen molar-refractivity contribution in [2.24, 2.45) is 0 Å². The van der Waals surface area contributed by atoms with Crippen LogP contribution in [0.4, 0.5) is 10.5 Å². The summed E-state index contributed by atoms with van der Waals surface area (Å²) in [4.78, 5) is 54.9. The maximum Gasteiger partial charge on any atom is 0.335 e. The number of aromatic carboxylic acids is 1. The number of carbonyl (C=O) groups is 4. The highest BCUT2D eigenvalue weighted by Gasteiger charge is 2.44. The molecule has 194 valence electrons. The van der Waals surface area contributed by atoms with E-state index in [1.54, 1.807) is 26.8 Å². The summed E-state index contributed by atoms with van der Waals surface area (Å²) in [5.41, 5.74) is 1.39. The molecule has 1 aliphatic rings. The zero-order valence-corrected chi connectivity index (χ0v) is 20.9. The van der Waals surface area contributed by atoms with E-state index in [4.69, 9.17) is 9.84 Å². The molecule has 3 aromatic rings. The molecule has 4 N–H and O–H groups in total. The lowest BCUT2D eigenvalue weighted by molar-refractivity contribution is -0.164. The minimum Gasteiger partial charge on any atom is -0.478 e. The van der Waals surface area contributed by atoms with Gasteiger partial charge in [0.1, 0.15) is 11.6 Å². The molecule has 0 radical (unpaired) electrons. The van der Waals surface area contributed by atoms with Gasteiger partial charge in [0, 0.05) is 22.8 Å². The van der Waals surface area contributed by atoms with Crippen LogP contribution >= 0.6 is 0 Å². The number of rotatable bonds is 6. The average Bonchev–Trinajstić information content (AvgIpc) is 3.46. The van der Waals surface area contributed by atoms with Crippen LogP contribution in [0.5, 0.6) is 0 Å². The number of hydrogen-bond acceptors (Lipinski definition) is 5. The largest absolute Gasteiger partial charge is 0.478 e. The molecule has 0 unspecified atom stereocenters. The van der Waals surface area contributed by atoms with Crippen LogP contribution in [0.1, 0.15) is 55.6 Å². The number of carboxylic acid groups (broad SMARTS) is 1. The third kappa shape index (κ3) is 5.91. The van der Waals surface area contributed by atoms with Crippen molar-refractivity contribution in [2.45, 2.75) is 51.3 Å². The van der Waals surface area contributed by atoms with Crippen LogP contribution in [0.15, 0.2) is 54.7 Å². The fraction of sp³-hybridized carbons (Fsp3) is 0.333. The number of H-pyrrole nitrogens is 1. The highest BCUT2D eigenvalue weighted by atomic mass is 16.6. The van der Waals surface area contributed by atoms with Gasteiger partial charge in [0.25, 0.3) is 0 Å². The van der Waals surface area contributed by atoms with Crippen molar-refractivity contribution in [1.82, 2.24) is 15.2 Å². The lowest BCUT2D eigenvalue weighted by atomic mass is 10.0. The number of aromatic amines is 1. The average molecular weight is 507 g/mol. The second-order valence-electron chi connectivity index (χ2n) is 9.93. The Morgan fingerprint density at radius 2 is 1.84 bits per heavy atom. The number of anilines is 1. The summed E-state index contributed by atoms with van der Waals surface area (Å²) in [6.07, 6.45) is 2.84. The monoisotopic (exact) mass is 506 g/mol. The smallest absolute Gasteiger partial charge is 0.335 e. The molecule has 0 saturated carbocycles. The number of carboxylic acids is 1. The van der Waals surface area contributed by atoms with Gasteiger partial charge in [0.2, 0.25) is 5.91 Å². The zero-order valence-electron chi connectivity index (χ0n) is 20.9. The van der Waals surface area contributed by atoms with Gasteiger partial charge in [-0.15, -0.1) is 0 Å². The normalized spacial score (nSPS) is 17.4. The predicted octanol–water partition coefficient (Wildman–Crippen LogP) is 4.06. The Morgan fingerprint density at radius 1 is 1.08 bits per heavy atom. The number of benzene rings is 2. The molecule has 0 aliphatic carbocycles. The van der Waals surface area contributed by atoms with Gasteiger partial charge < -0.3 is 30.4 Å². The molecule has 3 amide bonds. The SMILES string of the molecule is CC(C)(C)OC(=O)[C@@H]1CC[C@@H](c2c[nH]c3ccccc23)N1C(=O)CNC(=O)Nc1cccc(C(=O)O)c1. The van der Waals surface area contributed by atoms with E-state index >= 15 is 0 Å². The molecule has 2 heterocycles. The van der Waals surface area contributed by atoms with E-state index < -0.39 is 35.5 Å². The van der Waals surface area contributed by atoms with Gasteiger partial charge >= 0.3 is 18.0 Å². The standard InChI is InChI=1S/C27H30N4O6/c1-27(2,3)37-25(35)22-12-11-21(19-14-28-20-10-5-4-9-18(19)20)31(22)23(32)15-29-26(36)30-17-8-6-7-16(13-17)24(33)34/h4-10,13-14,21-22,28H,11-12,15H2,1-3H3,(H,33,34)(H2,29,30,36)/t21-,22-/m0/s1. The van der Waals surface area contributed by atoms with Crippen molar-refractivity contribution in [2.75, 3.05) is 11.9 Å². The number of hydrogen-bond donors (Lipinski definition) is 4. The lowest BCUT2D eigenvalue weighted by Crippen LogP contribution is -2.48. The number of esters is 1. The van der Waals surface area contributed by atoms with Crippen LogP contribution in [-0.2, 0) is 14.3 Å². The quantitative estimate of drug-likeness (QED) is 0.372. The highest BCUT2D eigenvalue weighted by molar-refractivity contribution is 5.95. The Balaban J connectivity index is 1.52. The van der Waals surface area contributed by atoms with Crippen LogP contribution in [-0.4, -0.2) is 57.1 Å². The first kappa shape index (κ1) is 25.7. The number of nitrogens with one attached hydrogen (secondary N) is 3. The number of nitrogens with zero attached hydrogens (tertiary/aromatic N) is 1. The van der Waals surface area contributed by atoms with Gasteiger partial charge in [-0.05, 0) is 63.4 Å². The molecule has 1 saturated heterocycles. The van der Waals surface area contributed by atoms with E-state index in [0.29, 0.717) is 12.8 Å². The Bertz CT molecular complexity index is 1340. The summed E-state index contributed by atoms with van der Waals surface area (Å²) in [7, 11) is 0. The predicted molar refractivity (Wildman–Crippen MR) is 137 cm³/mol. The van der Waals surface area contributed by atoms with Crippen molar-refractivity contribution in [1.29, 1.82) is 0 Å². The van der Waals surface area contributed by atoms with Crippen LogP contribution in [0, 0.1) is 0 Å². The van der Waals surface area contributed by atoms with Crippen molar-refractivity contribution in [3.05, 3.63) is 65.9 Å². The Morgan fingerprint density at radius 3 is 2.57 bits per heavy atom. The molecular formula is C27H30N4O6. The van der Waals surface area contributed by atoms with Crippen LogP contribution in [0.25, 0.3) is 10.9 Å². The van der Waals surface area contributed by atoms with E-state index in [9.17, 15) is 19.2 Å². The second kappa shape index (κ2) is 10.3. The molecule has 2 aromatic carbocycles. The molecule has 1 aliphatic heterocycles. The molecule has 1 aromatic heterocycles. The van der Waals surface area contributed by atoms with E-state index in [1.165, 1.54) is 23.1 Å². The summed E-state index contributed by atoms with van der Waals surface area (Å²) >= 11 is 0. The molecule has 2 atom stereocenters. The van der Waals surface area contributed by atoms with E-state index in [-0.39, 0.29) is 23.8 Å². The summed E-state index contributed by atoms with van der Waals surface area (Å²) in [5, 5.41) is 15.1. The first-order chi connectivity index (χ1) is 17.5. The van der Waals surface area contributed by atoms with Crippen molar-refractivity contribution >= 4 is 40.5 Å². The second-order valence-corrected chi connectivity index (χ2v) is 9.93. The maximum absolute atomic E-state index is 13.5. The van der Waals surface area contributed by atoms with Gasteiger partial charge in [-0.25, -0.2) is 14.4 Å². The van der Waals surface area contributed by atoms with Gasteiger partial charge in [0.15, 0.2) is 0 Å². The minimum atomic E-state index is -1.12. The van der Waals surface area contributed by atoms with E-state index in [1.807, 2.05) is 30.5 Å². The zero-order chi connectivity index (χ0) is 26.7. The fourth-order valence-corrected chi connectivity index (χ4v) is 4.59. The summed E-state index contributed by atoms with van der Waals surface area (Å²) in [6.45, 7) is 4.96. The number of amides is 3. The third-order valence-electron chi connectivity index (χ3n) is 6.10. The molecule has 10 heteroatoms. The van der Waals surface area contributed by atoms with Crippen molar-refractivity contribution in [3.8, 4) is 0 Å². The fourth-order valence-electron chi connectivity index (χ4n) is 4.59. The maximum atomic E-state index is 13.5. The van der Waals surface area contributed by atoms with Crippen LogP contribution < -0.4 is 10.6 Å². The molecular weight excluding hydrogens is 476 g/mol. The first-order valence-electron chi connectivity index (χ1n) is 12.0. The molecule has 37 heavy (non-hydrogen) atoms. The molecule has 0 spiro atoms. The Labute approximate surface area is 214 Å². The number of aromatic nitrogens is 1. The lowest BCUT2D eigenvalue weighted by Gasteiger charge is -2.31. The Hall–Kier alpha value is -4.34. The number of urea groups is 1. The molecule has 0 bridgehead atoms.